The van der Waals surface area contributed by atoms with Crippen LogP contribution in [0, 0.1) is 0 Å². The Bertz CT molecular complexity index is 910. The van der Waals surface area contributed by atoms with Crippen LogP contribution in [0.5, 0.6) is 11.5 Å². The van der Waals surface area contributed by atoms with Crippen molar-refractivity contribution in [2.75, 3.05) is 18.1 Å². The molecule has 1 fully saturated rings. The highest BCUT2D eigenvalue weighted by atomic mass is 19.3. The van der Waals surface area contributed by atoms with Crippen LogP contribution in [0.1, 0.15) is 35.7 Å². The van der Waals surface area contributed by atoms with Crippen molar-refractivity contribution in [1.29, 1.82) is 0 Å². The maximum absolute atomic E-state index is 12.5. The maximum Gasteiger partial charge on any atom is 0.387 e. The number of halogens is 2. The van der Waals surface area contributed by atoms with Crippen LogP contribution < -0.4 is 14.4 Å². The van der Waals surface area contributed by atoms with Crippen LogP contribution in [0.3, 0.4) is 0 Å². The van der Waals surface area contributed by atoms with Gasteiger partial charge in [0.1, 0.15) is 0 Å². The number of allylic oxidation sites excluding steroid dienone is 1. The van der Waals surface area contributed by atoms with Gasteiger partial charge in [0.25, 0.3) is 0 Å². The first-order valence-corrected chi connectivity index (χ1v) is 9.32. The topological polar surface area (TPSA) is 55.8 Å². The van der Waals surface area contributed by atoms with Gasteiger partial charge in [0.15, 0.2) is 17.3 Å². The number of rotatable bonds is 8. The smallest absolute Gasteiger partial charge is 0.387 e. The van der Waals surface area contributed by atoms with Crippen LogP contribution in [-0.2, 0) is 4.79 Å². The summed E-state index contributed by atoms with van der Waals surface area (Å²) >= 11 is 0. The molecule has 2 aromatic carbocycles. The van der Waals surface area contributed by atoms with E-state index in [1.807, 2.05) is 0 Å². The van der Waals surface area contributed by atoms with Crippen molar-refractivity contribution in [2.24, 2.45) is 0 Å². The number of anilines is 1. The quantitative estimate of drug-likeness (QED) is 0.475. The maximum atomic E-state index is 12.5. The van der Waals surface area contributed by atoms with E-state index < -0.39 is 6.61 Å². The Labute approximate surface area is 167 Å². The average molecular weight is 401 g/mol. The van der Waals surface area contributed by atoms with Gasteiger partial charge in [-0.2, -0.15) is 8.78 Å². The second-order valence-electron chi connectivity index (χ2n) is 6.41. The molecule has 0 saturated carbocycles. The molecular formula is C22H21F2NO4. The molecule has 0 atom stereocenters. The van der Waals surface area contributed by atoms with Crippen molar-refractivity contribution in [3.05, 3.63) is 59.7 Å². The number of benzene rings is 2. The summed E-state index contributed by atoms with van der Waals surface area (Å²) < 4.78 is 34.7. The fraction of sp³-hybridized carbons (Fsp3) is 0.273. The minimum Gasteiger partial charge on any atom is -0.490 e. The zero-order valence-corrected chi connectivity index (χ0v) is 15.9. The Morgan fingerprint density at radius 3 is 2.55 bits per heavy atom. The molecule has 1 heterocycles. The molecule has 29 heavy (non-hydrogen) atoms. The van der Waals surface area contributed by atoms with Gasteiger partial charge in [0.05, 0.1) is 6.61 Å². The Hall–Kier alpha value is -3.22. The predicted molar refractivity (Wildman–Crippen MR) is 106 cm³/mol. The lowest BCUT2D eigenvalue weighted by Crippen LogP contribution is -2.23. The van der Waals surface area contributed by atoms with Crippen molar-refractivity contribution < 1.29 is 27.8 Å². The molecule has 1 saturated heterocycles. The number of carbonyl (C=O) groups is 2. The Kier molecular flexibility index (Phi) is 6.59. The van der Waals surface area contributed by atoms with Crippen LogP contribution in [0.2, 0.25) is 0 Å². The van der Waals surface area contributed by atoms with E-state index in [9.17, 15) is 18.4 Å². The molecule has 0 spiro atoms. The molecule has 1 aliphatic heterocycles. The number of hydrogen-bond acceptors (Lipinski definition) is 4. The summed E-state index contributed by atoms with van der Waals surface area (Å²) in [5.74, 6) is 0.00270. The normalized spacial score (nSPS) is 14.1. The molecule has 0 bridgehead atoms. The third-order valence-electron chi connectivity index (χ3n) is 4.45. The fourth-order valence-corrected chi connectivity index (χ4v) is 3.08. The van der Waals surface area contributed by atoms with Crippen molar-refractivity contribution in [3.8, 4) is 11.5 Å². The van der Waals surface area contributed by atoms with Gasteiger partial charge >= 0.3 is 6.61 Å². The highest BCUT2D eigenvalue weighted by Gasteiger charge is 2.21. The molecule has 0 aromatic heterocycles. The van der Waals surface area contributed by atoms with Gasteiger partial charge in [-0.05, 0) is 61.4 Å². The van der Waals surface area contributed by atoms with Crippen molar-refractivity contribution in [1.82, 2.24) is 0 Å². The van der Waals surface area contributed by atoms with Gasteiger partial charge in [0.2, 0.25) is 5.91 Å². The molecule has 0 aliphatic carbocycles. The van der Waals surface area contributed by atoms with E-state index in [0.717, 1.165) is 12.1 Å². The molecular weight excluding hydrogens is 380 g/mol. The van der Waals surface area contributed by atoms with E-state index in [0.29, 0.717) is 24.1 Å². The number of hydrogen-bond donors (Lipinski definition) is 0. The number of ketones is 1. The minimum atomic E-state index is -2.95. The van der Waals surface area contributed by atoms with E-state index >= 15 is 0 Å². The van der Waals surface area contributed by atoms with Gasteiger partial charge in [-0.15, -0.1) is 0 Å². The summed E-state index contributed by atoms with van der Waals surface area (Å²) in [5.41, 5.74) is 1.88. The first-order valence-electron chi connectivity index (χ1n) is 9.32. The zero-order chi connectivity index (χ0) is 20.8. The summed E-state index contributed by atoms with van der Waals surface area (Å²) in [7, 11) is 0. The largest absolute Gasteiger partial charge is 0.490 e. The van der Waals surface area contributed by atoms with E-state index in [-0.39, 0.29) is 29.8 Å². The highest BCUT2D eigenvalue weighted by molar-refractivity contribution is 6.07. The van der Waals surface area contributed by atoms with Crippen molar-refractivity contribution in [3.63, 3.8) is 0 Å². The van der Waals surface area contributed by atoms with Crippen LogP contribution in [0.25, 0.3) is 6.08 Å². The van der Waals surface area contributed by atoms with Crippen molar-refractivity contribution >= 4 is 23.5 Å². The molecule has 0 N–H and O–H groups in total. The van der Waals surface area contributed by atoms with Gasteiger partial charge in [0, 0.05) is 24.2 Å². The molecule has 1 amide bonds. The first-order chi connectivity index (χ1) is 14.0. The molecule has 3 rings (SSSR count). The summed E-state index contributed by atoms with van der Waals surface area (Å²) in [5, 5.41) is 0. The lowest BCUT2D eigenvalue weighted by Gasteiger charge is -2.15. The van der Waals surface area contributed by atoms with E-state index in [1.165, 1.54) is 18.2 Å². The number of nitrogens with zero attached hydrogens (tertiary/aromatic N) is 1. The summed E-state index contributed by atoms with van der Waals surface area (Å²) in [6.07, 6.45) is 4.37. The fourth-order valence-electron chi connectivity index (χ4n) is 3.08. The zero-order valence-electron chi connectivity index (χ0n) is 15.9. The summed E-state index contributed by atoms with van der Waals surface area (Å²) in [4.78, 5) is 25.9. The standard InChI is InChI=1S/C22H21F2NO4/c1-2-28-20-14-15(6-12-19(20)29-22(23)24)5-11-18(26)16-7-9-17(10-8-16)25-13-3-4-21(25)27/h5-12,14,22H,2-4,13H2,1H3/b11-5+. The van der Waals surface area contributed by atoms with Gasteiger partial charge in [-0.3, -0.25) is 9.59 Å². The van der Waals surface area contributed by atoms with E-state index in [2.05, 4.69) is 4.74 Å². The van der Waals surface area contributed by atoms with E-state index in [1.54, 1.807) is 48.2 Å². The summed E-state index contributed by atoms with van der Waals surface area (Å²) in [6, 6.07) is 11.3. The third-order valence-corrected chi connectivity index (χ3v) is 4.45. The predicted octanol–water partition coefficient (Wildman–Crippen LogP) is 4.71. The number of alkyl halides is 2. The lowest BCUT2D eigenvalue weighted by atomic mass is 10.1. The number of ether oxygens (including phenoxy) is 2. The van der Waals surface area contributed by atoms with Crippen LogP contribution in [0.15, 0.2) is 48.5 Å². The van der Waals surface area contributed by atoms with Crippen LogP contribution >= 0.6 is 0 Å². The first kappa shape index (κ1) is 20.5. The Morgan fingerprint density at radius 2 is 1.93 bits per heavy atom. The summed E-state index contributed by atoms with van der Waals surface area (Å²) in [6.45, 7) is -0.231. The molecule has 0 radical (unpaired) electrons. The molecule has 1 aliphatic rings. The monoisotopic (exact) mass is 401 g/mol. The SMILES string of the molecule is CCOc1cc(/C=C/C(=O)c2ccc(N3CCCC3=O)cc2)ccc1OC(F)F. The van der Waals surface area contributed by atoms with Crippen LogP contribution in [-0.4, -0.2) is 31.5 Å². The molecule has 7 heteroatoms. The van der Waals surface area contributed by atoms with Crippen molar-refractivity contribution in [2.45, 2.75) is 26.4 Å². The third kappa shape index (κ3) is 5.19. The van der Waals surface area contributed by atoms with E-state index in [4.69, 9.17) is 4.74 Å². The highest BCUT2D eigenvalue weighted by Crippen LogP contribution is 2.30. The van der Waals surface area contributed by atoms with Gasteiger partial charge in [-0.1, -0.05) is 12.1 Å². The Morgan fingerprint density at radius 1 is 1.17 bits per heavy atom. The molecule has 2 aromatic rings. The lowest BCUT2D eigenvalue weighted by molar-refractivity contribution is -0.117. The Balaban J connectivity index is 1.71. The second kappa shape index (κ2) is 9.32. The number of carbonyl (C=O) groups excluding carboxylic acids is 2. The van der Waals surface area contributed by atoms with Crippen LogP contribution in [0.4, 0.5) is 14.5 Å². The average Bonchev–Trinajstić information content (AvgIpc) is 3.13. The van der Waals surface area contributed by atoms with Gasteiger partial charge < -0.3 is 14.4 Å². The second-order valence-corrected chi connectivity index (χ2v) is 6.41. The molecule has 5 nitrogen and oxygen atoms in total. The number of amides is 1. The minimum absolute atomic E-state index is 0.0580. The molecule has 152 valence electrons. The molecule has 0 unspecified atom stereocenters. The van der Waals surface area contributed by atoms with Gasteiger partial charge in [-0.25, -0.2) is 0 Å².